The molecule has 0 heterocycles. The topological polar surface area (TPSA) is 44.8 Å². The van der Waals surface area contributed by atoms with Gasteiger partial charge < -0.3 is 13.6 Å². The third-order valence-corrected chi connectivity index (χ3v) is 19.9. The smallest absolute Gasteiger partial charge is 0.309 e. The average Bonchev–Trinajstić information content (AvgIpc) is 2.94. The van der Waals surface area contributed by atoms with E-state index >= 15 is 0 Å². The summed E-state index contributed by atoms with van der Waals surface area (Å²) in [6, 6.07) is 21.7. The zero-order chi connectivity index (χ0) is 32.9. The van der Waals surface area contributed by atoms with Crippen LogP contribution >= 0.6 is 0 Å². The van der Waals surface area contributed by atoms with Crippen molar-refractivity contribution in [2.75, 3.05) is 13.7 Å². The Morgan fingerprint density at radius 2 is 1.36 bits per heavy atom. The van der Waals surface area contributed by atoms with Gasteiger partial charge in [0.2, 0.25) is 0 Å². The van der Waals surface area contributed by atoms with Gasteiger partial charge in [-0.3, -0.25) is 4.79 Å². The number of esters is 1. The van der Waals surface area contributed by atoms with Crippen molar-refractivity contribution in [3.8, 4) is 0 Å². The van der Waals surface area contributed by atoms with Gasteiger partial charge in [0.05, 0.1) is 19.1 Å². The Hall–Kier alpha value is -2.00. The number of allylic oxidation sites excluding steroid dienone is 1. The van der Waals surface area contributed by atoms with E-state index in [1.54, 1.807) is 0 Å². The highest BCUT2D eigenvalue weighted by atomic mass is 28.4. The number of ether oxygens (including phenoxy) is 1. The molecule has 4 atom stereocenters. The van der Waals surface area contributed by atoms with Gasteiger partial charge in [-0.1, -0.05) is 134 Å². The highest BCUT2D eigenvalue weighted by molar-refractivity contribution is 6.99. The standard InChI is InChI=1S/C38H60O4Si2/c1-28(2)34-33(42-43(11,12)37(4,5)6)27-29(3)32(35(34)36(39)40-10)25-19-20-26-41-44(38(7,8)9,30-21-15-13-16-22-30)31-23-17-14-18-24-31/h13-18,21-24,27-28,32-35H,19-20,25-26H2,1-12H3/t32-,33+,34-,35-/m1/s1. The summed E-state index contributed by atoms with van der Waals surface area (Å²) in [7, 11) is -3.07. The maximum atomic E-state index is 13.5. The highest BCUT2D eigenvalue weighted by Gasteiger charge is 2.51. The molecule has 44 heavy (non-hydrogen) atoms. The molecule has 0 saturated heterocycles. The molecule has 1 aliphatic rings. The predicted molar refractivity (Wildman–Crippen MR) is 191 cm³/mol. The monoisotopic (exact) mass is 636 g/mol. The first-order valence-corrected chi connectivity index (χ1v) is 21.5. The molecule has 244 valence electrons. The normalized spacial score (nSPS) is 21.7. The van der Waals surface area contributed by atoms with E-state index in [1.807, 2.05) is 0 Å². The molecule has 6 heteroatoms. The van der Waals surface area contributed by atoms with Crippen LogP contribution in [0.1, 0.15) is 81.6 Å². The lowest BCUT2D eigenvalue weighted by molar-refractivity contribution is -0.152. The summed E-state index contributed by atoms with van der Waals surface area (Å²) in [5.74, 6) is 0.200. The summed E-state index contributed by atoms with van der Waals surface area (Å²) in [4.78, 5) is 13.5. The molecule has 0 fully saturated rings. The van der Waals surface area contributed by atoms with E-state index < -0.39 is 16.6 Å². The van der Waals surface area contributed by atoms with E-state index in [9.17, 15) is 4.79 Å². The lowest BCUT2D eigenvalue weighted by atomic mass is 9.65. The molecule has 0 aliphatic heterocycles. The van der Waals surface area contributed by atoms with E-state index in [4.69, 9.17) is 13.6 Å². The van der Waals surface area contributed by atoms with Crippen LogP contribution in [-0.2, 0) is 18.4 Å². The second kappa shape index (κ2) is 14.6. The van der Waals surface area contributed by atoms with Gasteiger partial charge in [-0.05, 0) is 65.1 Å². The number of rotatable bonds is 12. The van der Waals surface area contributed by atoms with Gasteiger partial charge in [-0.15, -0.1) is 0 Å². The lowest BCUT2D eigenvalue weighted by Crippen LogP contribution is -2.66. The van der Waals surface area contributed by atoms with Gasteiger partial charge >= 0.3 is 5.97 Å². The number of benzene rings is 2. The summed E-state index contributed by atoms with van der Waals surface area (Å²) in [6.45, 7) is 25.7. The summed E-state index contributed by atoms with van der Waals surface area (Å²) in [6.07, 6.45) is 5.13. The zero-order valence-corrected chi connectivity index (χ0v) is 31.7. The van der Waals surface area contributed by atoms with Crippen molar-refractivity contribution >= 4 is 33.0 Å². The summed E-state index contributed by atoms with van der Waals surface area (Å²) < 4.78 is 19.6. The largest absolute Gasteiger partial charge is 0.469 e. The van der Waals surface area contributed by atoms with Crippen LogP contribution in [0.25, 0.3) is 0 Å². The van der Waals surface area contributed by atoms with Crippen LogP contribution < -0.4 is 10.4 Å². The molecule has 4 nitrogen and oxygen atoms in total. The molecule has 0 unspecified atom stereocenters. The zero-order valence-electron chi connectivity index (χ0n) is 29.7. The number of unbranched alkanes of at least 4 members (excludes halogenated alkanes) is 1. The second-order valence-electron chi connectivity index (χ2n) is 15.7. The summed E-state index contributed by atoms with van der Waals surface area (Å²) in [5, 5.41) is 2.67. The Morgan fingerprint density at radius 3 is 1.80 bits per heavy atom. The molecular weight excluding hydrogens is 577 g/mol. The first kappa shape index (κ1) is 36.5. The van der Waals surface area contributed by atoms with Crippen LogP contribution in [0.3, 0.4) is 0 Å². The first-order valence-electron chi connectivity index (χ1n) is 16.7. The summed E-state index contributed by atoms with van der Waals surface area (Å²) in [5.41, 5.74) is 1.26. The van der Waals surface area contributed by atoms with Crippen LogP contribution in [0.15, 0.2) is 72.3 Å². The average molecular weight is 637 g/mol. The van der Waals surface area contributed by atoms with Gasteiger partial charge in [0.25, 0.3) is 8.32 Å². The van der Waals surface area contributed by atoms with Crippen molar-refractivity contribution in [2.24, 2.45) is 23.7 Å². The van der Waals surface area contributed by atoms with E-state index in [0.29, 0.717) is 12.5 Å². The van der Waals surface area contributed by atoms with Gasteiger partial charge in [0, 0.05) is 12.5 Å². The molecular formula is C38H60O4Si2. The van der Waals surface area contributed by atoms with Crippen LogP contribution in [0, 0.1) is 23.7 Å². The fraction of sp³-hybridized carbons (Fsp3) is 0.605. The molecule has 0 spiro atoms. The molecule has 2 aromatic carbocycles. The van der Waals surface area contributed by atoms with Crippen molar-refractivity contribution in [3.63, 3.8) is 0 Å². The molecule has 3 rings (SSSR count). The maximum Gasteiger partial charge on any atom is 0.309 e. The van der Waals surface area contributed by atoms with Crippen molar-refractivity contribution in [2.45, 2.75) is 111 Å². The first-order chi connectivity index (χ1) is 20.5. The lowest BCUT2D eigenvalue weighted by Gasteiger charge is -2.47. The quantitative estimate of drug-likeness (QED) is 0.101. The molecule has 1 aliphatic carbocycles. The minimum atomic E-state index is -2.56. The Labute approximate surface area is 271 Å². The van der Waals surface area contributed by atoms with Gasteiger partial charge in [-0.25, -0.2) is 0 Å². The number of carbonyl (C=O) groups is 1. The highest BCUT2D eigenvalue weighted by Crippen LogP contribution is 2.46. The molecule has 0 bridgehead atoms. The maximum absolute atomic E-state index is 13.5. The van der Waals surface area contributed by atoms with Crippen LogP contribution in [0.4, 0.5) is 0 Å². The molecule has 0 saturated carbocycles. The van der Waals surface area contributed by atoms with E-state index in [0.717, 1.165) is 19.3 Å². The Morgan fingerprint density at radius 1 is 0.841 bits per heavy atom. The minimum absolute atomic E-state index is 0.0436. The van der Waals surface area contributed by atoms with E-state index in [1.165, 1.54) is 23.1 Å². The third-order valence-electron chi connectivity index (χ3n) is 10.4. The minimum Gasteiger partial charge on any atom is -0.469 e. The van der Waals surface area contributed by atoms with Crippen LogP contribution in [-0.4, -0.2) is 42.4 Å². The Kier molecular flexibility index (Phi) is 12.1. The molecule has 0 N–H and O–H groups in total. The van der Waals surface area contributed by atoms with Crippen molar-refractivity contribution < 1.29 is 18.4 Å². The van der Waals surface area contributed by atoms with E-state index in [-0.39, 0.29) is 39.9 Å². The molecule has 2 aromatic rings. The van der Waals surface area contributed by atoms with Crippen LogP contribution in [0.2, 0.25) is 23.2 Å². The number of hydrogen-bond donors (Lipinski definition) is 0. The predicted octanol–water partition coefficient (Wildman–Crippen LogP) is 8.76. The number of carbonyl (C=O) groups excluding carboxylic acids is 1. The van der Waals surface area contributed by atoms with Gasteiger partial charge in [0.1, 0.15) is 0 Å². The molecule has 0 aromatic heterocycles. The Balaban J connectivity index is 1.84. The third kappa shape index (κ3) is 7.86. The number of hydrogen-bond acceptors (Lipinski definition) is 4. The Bertz CT molecular complexity index is 1190. The van der Waals surface area contributed by atoms with Crippen LogP contribution in [0.5, 0.6) is 0 Å². The fourth-order valence-corrected chi connectivity index (χ4v) is 12.9. The second-order valence-corrected chi connectivity index (χ2v) is 24.8. The SMILES string of the molecule is COC(=O)[C@H]1[C@H](C(C)C)[C@@H](O[Si](C)(C)C(C)(C)C)C=C(C)[C@H]1CCCCO[Si](c1ccccc1)(c1ccccc1)C(C)(C)C. The van der Waals surface area contributed by atoms with Gasteiger partial charge in [0.15, 0.2) is 8.32 Å². The van der Waals surface area contributed by atoms with Crippen molar-refractivity contribution in [3.05, 3.63) is 72.3 Å². The van der Waals surface area contributed by atoms with E-state index in [2.05, 4.69) is 142 Å². The van der Waals surface area contributed by atoms with Crippen molar-refractivity contribution in [1.29, 1.82) is 0 Å². The number of methoxy groups -OCH3 is 1. The molecule has 0 radical (unpaired) electrons. The fourth-order valence-electron chi connectivity index (χ4n) is 6.99. The van der Waals surface area contributed by atoms with Crippen molar-refractivity contribution in [1.82, 2.24) is 0 Å². The van der Waals surface area contributed by atoms with Gasteiger partial charge in [-0.2, -0.15) is 0 Å². The molecule has 0 amide bonds. The summed E-state index contributed by atoms with van der Waals surface area (Å²) >= 11 is 0.